The summed E-state index contributed by atoms with van der Waals surface area (Å²) in [7, 11) is 0. The minimum atomic E-state index is 0.0844. The van der Waals surface area contributed by atoms with E-state index in [1.165, 1.54) is 0 Å². The molecule has 0 aliphatic carbocycles. The van der Waals surface area contributed by atoms with Crippen molar-refractivity contribution >= 4 is 17.2 Å². The number of nitrogens with one attached hydrogen (secondary N) is 1. The fraction of sp³-hybridized carbons (Fsp3) is 0.333. The molecule has 1 amide bonds. The number of hydrogen-bond acceptors (Lipinski definition) is 2. The van der Waals surface area contributed by atoms with Gasteiger partial charge in [-0.25, -0.2) is 0 Å². The Morgan fingerprint density at radius 1 is 1.67 bits per heavy atom. The number of carbonyl (C=O) groups is 1. The summed E-state index contributed by atoms with van der Waals surface area (Å²) >= 11 is 1.61. The van der Waals surface area contributed by atoms with E-state index in [0.717, 1.165) is 11.3 Å². The summed E-state index contributed by atoms with van der Waals surface area (Å²) in [5.74, 6) is 0.0844. The Kier molecular flexibility index (Phi) is 3.80. The highest BCUT2D eigenvalue weighted by Gasteiger charge is 2.01. The van der Waals surface area contributed by atoms with Gasteiger partial charge in [-0.3, -0.25) is 4.79 Å². The third-order valence-corrected chi connectivity index (χ3v) is 2.29. The predicted molar refractivity (Wildman–Crippen MR) is 51.0 cm³/mol. The fourth-order valence-corrected chi connectivity index (χ4v) is 1.57. The Labute approximate surface area is 76.6 Å². The number of thiophene rings is 1. The van der Waals surface area contributed by atoms with Crippen molar-refractivity contribution in [3.63, 3.8) is 0 Å². The van der Waals surface area contributed by atoms with Crippen LogP contribution in [-0.4, -0.2) is 12.5 Å². The Balaban J connectivity index is 2.27. The third kappa shape index (κ3) is 3.05. The molecule has 0 unspecified atom stereocenters. The van der Waals surface area contributed by atoms with Gasteiger partial charge >= 0.3 is 0 Å². The van der Waals surface area contributed by atoms with Gasteiger partial charge in [-0.1, -0.05) is 13.0 Å². The van der Waals surface area contributed by atoms with Gasteiger partial charge in [-0.2, -0.15) is 0 Å². The van der Waals surface area contributed by atoms with Crippen LogP contribution in [-0.2, 0) is 11.2 Å². The van der Waals surface area contributed by atoms with E-state index in [1.54, 1.807) is 11.3 Å². The van der Waals surface area contributed by atoms with Crippen LogP contribution in [0.5, 0.6) is 0 Å². The van der Waals surface area contributed by atoms with Gasteiger partial charge in [0.2, 0.25) is 5.91 Å². The van der Waals surface area contributed by atoms with Crippen LogP contribution in [0.4, 0.5) is 0 Å². The molecule has 1 aromatic rings. The first-order valence-electron chi connectivity index (χ1n) is 3.91. The number of rotatable bonds is 4. The van der Waals surface area contributed by atoms with E-state index in [0.29, 0.717) is 13.0 Å². The molecule has 2 nitrogen and oxygen atoms in total. The molecular weight excluding hydrogens is 170 g/mol. The maximum atomic E-state index is 11.1. The molecule has 0 aliphatic rings. The quantitative estimate of drug-likeness (QED) is 0.753. The minimum Gasteiger partial charge on any atom is -0.356 e. The molecule has 1 radical (unpaired) electrons. The van der Waals surface area contributed by atoms with Crippen molar-refractivity contribution in [3.8, 4) is 0 Å². The van der Waals surface area contributed by atoms with Crippen molar-refractivity contribution in [1.82, 2.24) is 5.32 Å². The van der Waals surface area contributed by atoms with Gasteiger partial charge in [0.15, 0.2) is 0 Å². The Bertz CT molecular complexity index is 231. The maximum Gasteiger partial charge on any atom is 0.225 e. The lowest BCUT2D eigenvalue weighted by Gasteiger charge is -2.00. The lowest BCUT2D eigenvalue weighted by atomic mass is 10.3. The molecule has 0 atom stereocenters. The topological polar surface area (TPSA) is 29.1 Å². The largest absolute Gasteiger partial charge is 0.356 e. The lowest BCUT2D eigenvalue weighted by Crippen LogP contribution is -2.25. The van der Waals surface area contributed by atoms with Crippen LogP contribution in [0.25, 0.3) is 0 Å². The summed E-state index contributed by atoms with van der Waals surface area (Å²) in [6.07, 6.45) is 1.24. The SMILES string of the molecule is [CH2]CCNC(=O)Cc1cccs1. The summed E-state index contributed by atoms with van der Waals surface area (Å²) in [6.45, 7) is 4.31. The molecule has 3 heteroatoms. The zero-order chi connectivity index (χ0) is 8.81. The summed E-state index contributed by atoms with van der Waals surface area (Å²) in [5, 5.41) is 4.75. The van der Waals surface area contributed by atoms with Crippen molar-refractivity contribution in [2.24, 2.45) is 0 Å². The second kappa shape index (κ2) is 4.93. The van der Waals surface area contributed by atoms with Crippen LogP contribution in [0.3, 0.4) is 0 Å². The van der Waals surface area contributed by atoms with E-state index in [1.807, 2.05) is 17.5 Å². The normalized spacial score (nSPS) is 9.75. The summed E-state index contributed by atoms with van der Waals surface area (Å²) in [6, 6.07) is 3.92. The molecule has 0 bridgehead atoms. The van der Waals surface area contributed by atoms with Crippen molar-refractivity contribution in [2.45, 2.75) is 12.8 Å². The van der Waals surface area contributed by atoms with Crippen molar-refractivity contribution < 1.29 is 4.79 Å². The summed E-state index contributed by atoms with van der Waals surface area (Å²) in [4.78, 5) is 12.2. The van der Waals surface area contributed by atoms with Gasteiger partial charge < -0.3 is 5.32 Å². The van der Waals surface area contributed by atoms with Crippen molar-refractivity contribution in [3.05, 3.63) is 29.3 Å². The summed E-state index contributed by atoms with van der Waals surface area (Å²) in [5.41, 5.74) is 0. The molecule has 1 aromatic heterocycles. The third-order valence-electron chi connectivity index (χ3n) is 1.41. The van der Waals surface area contributed by atoms with Crippen molar-refractivity contribution in [2.75, 3.05) is 6.54 Å². The number of hydrogen-bond donors (Lipinski definition) is 1. The molecule has 0 aliphatic heterocycles. The highest BCUT2D eigenvalue weighted by Crippen LogP contribution is 2.08. The molecule has 12 heavy (non-hydrogen) atoms. The predicted octanol–water partition coefficient (Wildman–Crippen LogP) is 1.63. The second-order valence-corrected chi connectivity index (χ2v) is 3.49. The van der Waals surface area contributed by atoms with Crippen LogP contribution in [0.1, 0.15) is 11.3 Å². The molecule has 65 valence electrons. The average molecular weight is 182 g/mol. The van der Waals surface area contributed by atoms with Gasteiger partial charge in [0.25, 0.3) is 0 Å². The van der Waals surface area contributed by atoms with Gasteiger partial charge in [-0.05, 0) is 17.9 Å². The number of amides is 1. The van der Waals surface area contributed by atoms with Gasteiger partial charge in [0, 0.05) is 11.4 Å². The van der Waals surface area contributed by atoms with Crippen LogP contribution in [0, 0.1) is 6.92 Å². The first-order chi connectivity index (χ1) is 5.83. The molecule has 0 saturated heterocycles. The van der Waals surface area contributed by atoms with Crippen molar-refractivity contribution in [1.29, 1.82) is 0 Å². The molecule has 1 heterocycles. The monoisotopic (exact) mass is 182 g/mol. The van der Waals surface area contributed by atoms with Crippen LogP contribution < -0.4 is 5.32 Å². The van der Waals surface area contributed by atoms with E-state index < -0.39 is 0 Å². The first-order valence-corrected chi connectivity index (χ1v) is 4.79. The first kappa shape index (κ1) is 9.26. The summed E-state index contributed by atoms with van der Waals surface area (Å²) < 4.78 is 0. The highest BCUT2D eigenvalue weighted by atomic mass is 32.1. The van der Waals surface area contributed by atoms with Crippen LogP contribution >= 0.6 is 11.3 Å². The molecule has 0 spiro atoms. The molecule has 1 N–H and O–H groups in total. The molecule has 0 aromatic carbocycles. The molecular formula is C9H12NOS. The van der Waals surface area contributed by atoms with Gasteiger partial charge in [0.1, 0.15) is 0 Å². The molecule has 0 fully saturated rings. The fourth-order valence-electron chi connectivity index (χ4n) is 0.862. The lowest BCUT2D eigenvalue weighted by molar-refractivity contribution is -0.120. The Hall–Kier alpha value is -0.830. The second-order valence-electron chi connectivity index (χ2n) is 2.46. The van der Waals surface area contributed by atoms with Crippen LogP contribution in [0.15, 0.2) is 17.5 Å². The Morgan fingerprint density at radius 3 is 3.08 bits per heavy atom. The van der Waals surface area contributed by atoms with Gasteiger partial charge in [-0.15, -0.1) is 11.3 Å². The molecule has 0 saturated carbocycles. The van der Waals surface area contributed by atoms with Crippen LogP contribution in [0.2, 0.25) is 0 Å². The molecule has 1 rings (SSSR count). The smallest absolute Gasteiger partial charge is 0.225 e. The standard InChI is InChI=1S/C9H12NOS/c1-2-5-10-9(11)7-8-4-3-6-12-8/h3-4,6H,1-2,5,7H2,(H,10,11). The van der Waals surface area contributed by atoms with E-state index in [2.05, 4.69) is 12.2 Å². The average Bonchev–Trinajstić information content (AvgIpc) is 2.53. The van der Waals surface area contributed by atoms with E-state index in [4.69, 9.17) is 0 Å². The van der Waals surface area contributed by atoms with E-state index in [9.17, 15) is 4.79 Å². The highest BCUT2D eigenvalue weighted by molar-refractivity contribution is 7.10. The van der Waals surface area contributed by atoms with E-state index in [-0.39, 0.29) is 5.91 Å². The number of carbonyl (C=O) groups excluding carboxylic acids is 1. The zero-order valence-corrected chi connectivity index (χ0v) is 7.69. The minimum absolute atomic E-state index is 0.0844. The Morgan fingerprint density at radius 2 is 2.50 bits per heavy atom. The van der Waals surface area contributed by atoms with E-state index >= 15 is 0 Å². The zero-order valence-electron chi connectivity index (χ0n) is 6.88. The van der Waals surface area contributed by atoms with Gasteiger partial charge in [0.05, 0.1) is 6.42 Å². The maximum absolute atomic E-state index is 11.1.